The Kier molecular flexibility index (Phi) is 4.21. The van der Waals surface area contributed by atoms with Gasteiger partial charge in [0.2, 0.25) is 5.91 Å². The zero-order valence-electron chi connectivity index (χ0n) is 13.0. The molecule has 0 saturated heterocycles. The van der Waals surface area contributed by atoms with Crippen LogP contribution >= 0.6 is 22.9 Å². The van der Waals surface area contributed by atoms with Crippen LogP contribution in [0.2, 0.25) is 5.02 Å². The second-order valence-corrected chi connectivity index (χ2v) is 6.73. The molecule has 0 aliphatic rings. The van der Waals surface area contributed by atoms with Gasteiger partial charge in [-0.1, -0.05) is 23.7 Å². The summed E-state index contributed by atoms with van der Waals surface area (Å²) < 4.78 is 1.90. The van der Waals surface area contributed by atoms with E-state index in [-0.39, 0.29) is 12.5 Å². The van der Waals surface area contributed by atoms with Crippen molar-refractivity contribution in [2.45, 2.75) is 6.54 Å². The van der Waals surface area contributed by atoms with Gasteiger partial charge in [0, 0.05) is 22.2 Å². The molecular weight excluding hydrogens is 356 g/mol. The monoisotopic (exact) mass is 368 g/mol. The fourth-order valence-electron chi connectivity index (χ4n) is 2.64. The molecule has 2 aromatic heterocycles. The zero-order chi connectivity index (χ0) is 17.2. The number of aromatic nitrogens is 3. The van der Waals surface area contributed by atoms with Gasteiger partial charge in [-0.25, -0.2) is 9.97 Å². The van der Waals surface area contributed by atoms with E-state index in [2.05, 4.69) is 15.3 Å². The van der Waals surface area contributed by atoms with Crippen LogP contribution in [0.25, 0.3) is 22.4 Å². The predicted molar refractivity (Wildman–Crippen MR) is 101 cm³/mol. The minimum Gasteiger partial charge on any atom is -0.314 e. The topological polar surface area (TPSA) is 59.8 Å². The number of anilines is 1. The van der Waals surface area contributed by atoms with Crippen LogP contribution in [0.5, 0.6) is 0 Å². The summed E-state index contributed by atoms with van der Waals surface area (Å²) in [5.41, 5.74) is 2.65. The lowest BCUT2D eigenvalue weighted by molar-refractivity contribution is -0.116. The molecule has 2 heterocycles. The number of fused-ring (bicyclic) bond motifs is 1. The molecule has 0 aliphatic heterocycles. The van der Waals surface area contributed by atoms with Gasteiger partial charge >= 0.3 is 0 Å². The summed E-state index contributed by atoms with van der Waals surface area (Å²) in [7, 11) is 0. The predicted octanol–water partition coefficient (Wildman–Crippen LogP) is 4.45. The van der Waals surface area contributed by atoms with Crippen LogP contribution in [0.15, 0.2) is 60.1 Å². The number of imidazole rings is 1. The number of nitrogens with zero attached hydrogens (tertiary/aromatic N) is 3. The van der Waals surface area contributed by atoms with E-state index in [4.69, 9.17) is 11.6 Å². The number of halogens is 1. The first-order valence-corrected chi connectivity index (χ1v) is 8.87. The summed E-state index contributed by atoms with van der Waals surface area (Å²) in [6.07, 6.45) is 1.66. The van der Waals surface area contributed by atoms with Crippen LogP contribution in [0.4, 0.5) is 5.13 Å². The van der Waals surface area contributed by atoms with Crippen molar-refractivity contribution < 1.29 is 4.79 Å². The van der Waals surface area contributed by atoms with Gasteiger partial charge in [-0.2, -0.15) is 0 Å². The molecule has 0 bridgehead atoms. The molecule has 0 aliphatic carbocycles. The highest BCUT2D eigenvalue weighted by Gasteiger charge is 2.15. The van der Waals surface area contributed by atoms with Gasteiger partial charge in [0.25, 0.3) is 0 Å². The Balaban J connectivity index is 1.74. The van der Waals surface area contributed by atoms with E-state index in [1.807, 2.05) is 58.5 Å². The van der Waals surface area contributed by atoms with Gasteiger partial charge in [-0.05, 0) is 36.4 Å². The standard InChI is InChI=1S/C18H13ClN4OS/c19-13-7-5-12(6-8-13)17-21-14-3-1-2-4-15(14)23(17)11-16(24)22-18-20-9-10-25-18/h1-10H,11H2,(H,20,22,24). The third-order valence-electron chi connectivity index (χ3n) is 3.74. The number of nitrogens with one attached hydrogen (secondary N) is 1. The zero-order valence-corrected chi connectivity index (χ0v) is 14.6. The second kappa shape index (κ2) is 6.66. The summed E-state index contributed by atoms with van der Waals surface area (Å²) in [5.74, 6) is 0.584. The van der Waals surface area contributed by atoms with E-state index in [1.165, 1.54) is 11.3 Å². The average molecular weight is 369 g/mol. The van der Waals surface area contributed by atoms with E-state index in [1.54, 1.807) is 6.20 Å². The SMILES string of the molecule is O=C(Cn1c(-c2ccc(Cl)cc2)nc2ccccc21)Nc1nccs1. The first-order chi connectivity index (χ1) is 12.2. The first kappa shape index (κ1) is 15.8. The molecule has 2 aromatic carbocycles. The average Bonchev–Trinajstić information content (AvgIpc) is 3.24. The molecule has 0 atom stereocenters. The normalized spacial score (nSPS) is 10.9. The van der Waals surface area contributed by atoms with Crippen LogP contribution < -0.4 is 5.32 Å². The third kappa shape index (κ3) is 3.26. The molecule has 25 heavy (non-hydrogen) atoms. The molecule has 124 valence electrons. The third-order valence-corrected chi connectivity index (χ3v) is 4.68. The van der Waals surface area contributed by atoms with Crippen molar-refractivity contribution in [3.05, 3.63) is 65.1 Å². The molecule has 4 rings (SSSR count). The van der Waals surface area contributed by atoms with Gasteiger partial charge in [0.1, 0.15) is 12.4 Å². The molecule has 0 saturated carbocycles. The number of amides is 1. The Morgan fingerprint density at radius 1 is 1.16 bits per heavy atom. The highest BCUT2D eigenvalue weighted by molar-refractivity contribution is 7.13. The number of thiazole rings is 1. The maximum atomic E-state index is 12.4. The molecule has 1 amide bonds. The van der Waals surface area contributed by atoms with E-state index >= 15 is 0 Å². The molecule has 0 radical (unpaired) electrons. The van der Waals surface area contributed by atoms with E-state index in [0.29, 0.717) is 10.2 Å². The molecule has 0 unspecified atom stereocenters. The van der Waals surface area contributed by atoms with Gasteiger partial charge in [0.05, 0.1) is 11.0 Å². The van der Waals surface area contributed by atoms with E-state index in [0.717, 1.165) is 22.4 Å². The van der Waals surface area contributed by atoms with Gasteiger partial charge < -0.3 is 9.88 Å². The Labute approximate surface area is 152 Å². The fourth-order valence-corrected chi connectivity index (χ4v) is 3.31. The maximum absolute atomic E-state index is 12.4. The molecule has 5 nitrogen and oxygen atoms in total. The lowest BCUT2D eigenvalue weighted by Gasteiger charge is -2.09. The second-order valence-electron chi connectivity index (χ2n) is 5.40. The van der Waals surface area contributed by atoms with Crippen molar-refractivity contribution >= 4 is 45.0 Å². The summed E-state index contributed by atoms with van der Waals surface area (Å²) >= 11 is 7.37. The minimum atomic E-state index is -0.145. The lowest BCUT2D eigenvalue weighted by Crippen LogP contribution is -2.19. The fraction of sp³-hybridized carbons (Fsp3) is 0.0556. The summed E-state index contributed by atoms with van der Waals surface area (Å²) in [6.45, 7) is 0.151. The number of benzene rings is 2. The molecule has 0 spiro atoms. The molecule has 1 N–H and O–H groups in total. The van der Waals surface area contributed by atoms with Crippen molar-refractivity contribution in [3.8, 4) is 11.4 Å². The smallest absolute Gasteiger partial charge is 0.246 e. The number of hydrogen-bond acceptors (Lipinski definition) is 4. The Hall–Kier alpha value is -2.70. The van der Waals surface area contributed by atoms with Crippen LogP contribution in [-0.2, 0) is 11.3 Å². The number of carbonyl (C=O) groups excluding carboxylic acids is 1. The van der Waals surface area contributed by atoms with E-state index in [9.17, 15) is 4.79 Å². The largest absolute Gasteiger partial charge is 0.314 e. The first-order valence-electron chi connectivity index (χ1n) is 7.61. The van der Waals surface area contributed by atoms with Crippen molar-refractivity contribution in [3.63, 3.8) is 0 Å². The van der Waals surface area contributed by atoms with E-state index < -0.39 is 0 Å². The van der Waals surface area contributed by atoms with Crippen LogP contribution in [0.3, 0.4) is 0 Å². The van der Waals surface area contributed by atoms with Crippen LogP contribution in [0, 0.1) is 0 Å². The number of hydrogen-bond donors (Lipinski definition) is 1. The van der Waals surface area contributed by atoms with Crippen molar-refractivity contribution in [2.24, 2.45) is 0 Å². The number of carbonyl (C=O) groups is 1. The Bertz CT molecular complexity index is 1030. The Morgan fingerprint density at radius 3 is 2.72 bits per heavy atom. The van der Waals surface area contributed by atoms with Crippen molar-refractivity contribution in [2.75, 3.05) is 5.32 Å². The lowest BCUT2D eigenvalue weighted by atomic mass is 10.2. The van der Waals surface area contributed by atoms with Crippen LogP contribution in [0.1, 0.15) is 0 Å². The molecular formula is C18H13ClN4OS. The highest BCUT2D eigenvalue weighted by atomic mass is 35.5. The molecule has 4 aromatic rings. The summed E-state index contributed by atoms with van der Waals surface area (Å²) in [4.78, 5) is 21.2. The number of para-hydroxylation sites is 2. The van der Waals surface area contributed by atoms with Crippen molar-refractivity contribution in [1.82, 2.24) is 14.5 Å². The van der Waals surface area contributed by atoms with Gasteiger partial charge in [-0.3, -0.25) is 4.79 Å². The number of rotatable bonds is 4. The maximum Gasteiger partial charge on any atom is 0.246 e. The van der Waals surface area contributed by atoms with Gasteiger partial charge in [0.15, 0.2) is 5.13 Å². The summed E-state index contributed by atoms with van der Waals surface area (Å²) in [6, 6.07) is 15.2. The highest BCUT2D eigenvalue weighted by Crippen LogP contribution is 2.26. The van der Waals surface area contributed by atoms with Gasteiger partial charge in [-0.15, -0.1) is 11.3 Å². The Morgan fingerprint density at radius 2 is 1.96 bits per heavy atom. The van der Waals surface area contributed by atoms with Crippen LogP contribution in [-0.4, -0.2) is 20.4 Å². The van der Waals surface area contributed by atoms with Crippen molar-refractivity contribution in [1.29, 1.82) is 0 Å². The molecule has 0 fully saturated rings. The molecule has 7 heteroatoms. The quantitative estimate of drug-likeness (QED) is 0.578. The summed E-state index contributed by atoms with van der Waals surface area (Å²) in [5, 5.41) is 5.88. The minimum absolute atomic E-state index is 0.145.